The Morgan fingerprint density at radius 1 is 1.14 bits per heavy atom. The van der Waals surface area contributed by atoms with Crippen LogP contribution in [0, 0.1) is 0 Å². The molecule has 3 nitrogen and oxygen atoms in total. The first-order chi connectivity index (χ1) is 13.7. The third-order valence-corrected chi connectivity index (χ3v) is 5.96. The Hall–Kier alpha value is -1.72. The van der Waals surface area contributed by atoms with E-state index in [1.807, 2.05) is 61.6 Å². The molecule has 0 saturated heterocycles. The molecule has 0 aliphatic carbocycles. The summed E-state index contributed by atoms with van der Waals surface area (Å²) >= 11 is 5.74. The zero-order valence-electron chi connectivity index (χ0n) is 16.4. The molecule has 1 atom stereocenters. The van der Waals surface area contributed by atoms with Crippen molar-refractivity contribution in [3.05, 3.63) is 71.2 Å². The van der Waals surface area contributed by atoms with E-state index in [1.54, 1.807) is 11.0 Å². The summed E-state index contributed by atoms with van der Waals surface area (Å²) in [6, 6.07) is 9.74. The molecule has 1 aliphatic rings. The summed E-state index contributed by atoms with van der Waals surface area (Å²) in [4.78, 5) is 28.3. The molecule has 0 bridgehead atoms. The van der Waals surface area contributed by atoms with Crippen LogP contribution in [0.15, 0.2) is 65.6 Å². The van der Waals surface area contributed by atoms with E-state index in [9.17, 15) is 9.59 Å². The molecule has 1 aromatic carbocycles. The maximum absolute atomic E-state index is 13.1. The van der Waals surface area contributed by atoms with Crippen LogP contribution in [0.1, 0.15) is 37.7 Å². The molecule has 1 aromatic rings. The van der Waals surface area contributed by atoms with Crippen molar-refractivity contribution >= 4 is 36.1 Å². The van der Waals surface area contributed by atoms with E-state index >= 15 is 0 Å². The molecule has 2 rings (SSSR count). The lowest BCUT2D eigenvalue weighted by Gasteiger charge is -2.24. The number of ketones is 1. The fraction of sp³-hybridized carbons (Fsp3) is 0.391. The number of hydrogen-bond donors (Lipinski definition) is 1. The number of thiol groups is 1. The van der Waals surface area contributed by atoms with Gasteiger partial charge in [0, 0.05) is 19.2 Å². The molecule has 0 fully saturated rings. The summed E-state index contributed by atoms with van der Waals surface area (Å²) in [5, 5.41) is 0. The van der Waals surface area contributed by atoms with Gasteiger partial charge >= 0.3 is 0 Å². The van der Waals surface area contributed by atoms with E-state index in [-0.39, 0.29) is 17.6 Å². The molecule has 1 heterocycles. The Bertz CT molecular complexity index is 725. The lowest BCUT2D eigenvalue weighted by molar-refractivity contribution is -0.126. The van der Waals surface area contributed by atoms with Gasteiger partial charge in [0.25, 0.3) is 5.91 Å². The molecule has 0 radical (unpaired) electrons. The second-order valence-corrected chi connectivity index (χ2v) is 8.25. The second-order valence-electron chi connectivity index (χ2n) is 6.67. The Balaban J connectivity index is 2.18. The van der Waals surface area contributed by atoms with Crippen LogP contribution in [-0.2, 0) is 9.59 Å². The topological polar surface area (TPSA) is 37.4 Å². The summed E-state index contributed by atoms with van der Waals surface area (Å²) in [6.45, 7) is 2.86. The number of hydrogen-bond acceptors (Lipinski definition) is 4. The molecule has 0 spiro atoms. The van der Waals surface area contributed by atoms with Gasteiger partial charge in [-0.3, -0.25) is 9.59 Å². The van der Waals surface area contributed by atoms with E-state index < -0.39 is 0 Å². The minimum Gasteiger partial charge on any atom is -0.333 e. The molecule has 0 saturated carbocycles. The van der Waals surface area contributed by atoms with Gasteiger partial charge in [0.1, 0.15) is 0 Å². The zero-order chi connectivity index (χ0) is 20.2. The van der Waals surface area contributed by atoms with Crippen LogP contribution in [0.3, 0.4) is 0 Å². The number of allylic oxidation sites excluding steroid dienone is 4. The summed E-state index contributed by atoms with van der Waals surface area (Å²) < 4.78 is 0. The standard InChI is InChI=1S/C23H29NO2S2/c1-2-3-4-9-14-24-18-20(19-12-7-5-8-13-19)21(25)17-22(23(24)26)28-16-11-6-10-15-27/h2-5,7-9,12-13,17,20,27H,6,10-11,14-16,18H2,1H3. The lowest BCUT2D eigenvalue weighted by atomic mass is 9.94. The van der Waals surface area contributed by atoms with E-state index in [0.29, 0.717) is 18.0 Å². The van der Waals surface area contributed by atoms with Crippen molar-refractivity contribution in [3.63, 3.8) is 0 Å². The predicted octanol–water partition coefficient (Wildman–Crippen LogP) is 5.03. The third-order valence-electron chi connectivity index (χ3n) is 4.55. The first-order valence-corrected chi connectivity index (χ1v) is 11.4. The van der Waals surface area contributed by atoms with Crippen LogP contribution in [0.25, 0.3) is 0 Å². The number of thioether (sulfide) groups is 1. The molecular formula is C23H29NO2S2. The van der Waals surface area contributed by atoms with E-state index in [4.69, 9.17) is 0 Å². The number of carbonyl (C=O) groups is 2. The van der Waals surface area contributed by atoms with E-state index in [1.165, 1.54) is 11.8 Å². The minimum atomic E-state index is -0.317. The fourth-order valence-electron chi connectivity index (χ4n) is 3.01. The van der Waals surface area contributed by atoms with Crippen molar-refractivity contribution in [2.24, 2.45) is 0 Å². The van der Waals surface area contributed by atoms with Crippen LogP contribution in [0.4, 0.5) is 0 Å². The number of benzene rings is 1. The van der Waals surface area contributed by atoms with Gasteiger partial charge in [-0.1, -0.05) is 61.1 Å². The van der Waals surface area contributed by atoms with Crippen molar-refractivity contribution in [2.45, 2.75) is 32.1 Å². The first-order valence-electron chi connectivity index (χ1n) is 9.78. The van der Waals surface area contributed by atoms with E-state index in [2.05, 4.69) is 12.6 Å². The average Bonchev–Trinajstić information content (AvgIpc) is 2.83. The van der Waals surface area contributed by atoms with Gasteiger partial charge in [0.2, 0.25) is 0 Å². The number of rotatable bonds is 10. The molecule has 1 amide bonds. The highest BCUT2D eigenvalue weighted by molar-refractivity contribution is 8.04. The van der Waals surface area contributed by atoms with Gasteiger partial charge in [-0.2, -0.15) is 12.6 Å². The maximum atomic E-state index is 13.1. The van der Waals surface area contributed by atoms with Crippen molar-refractivity contribution < 1.29 is 9.59 Å². The van der Waals surface area contributed by atoms with Crippen molar-refractivity contribution in [1.82, 2.24) is 4.90 Å². The van der Waals surface area contributed by atoms with Crippen LogP contribution < -0.4 is 0 Å². The van der Waals surface area contributed by atoms with Crippen molar-refractivity contribution in [3.8, 4) is 0 Å². The Morgan fingerprint density at radius 2 is 1.93 bits per heavy atom. The van der Waals surface area contributed by atoms with E-state index in [0.717, 1.165) is 36.3 Å². The highest BCUT2D eigenvalue weighted by atomic mass is 32.2. The molecular weight excluding hydrogens is 386 g/mol. The smallest absolute Gasteiger partial charge is 0.260 e. The second kappa shape index (κ2) is 12.7. The SMILES string of the molecule is CC=CC=CCN1CC(c2ccccc2)C(=O)C=C(SCCCCCS)C1=O. The first kappa shape index (κ1) is 22.6. The summed E-state index contributed by atoms with van der Waals surface area (Å²) in [5.74, 6) is 1.38. The van der Waals surface area contributed by atoms with Gasteiger partial charge < -0.3 is 4.90 Å². The van der Waals surface area contributed by atoms with Crippen LogP contribution in [0.5, 0.6) is 0 Å². The predicted molar refractivity (Wildman–Crippen MR) is 123 cm³/mol. The molecule has 1 unspecified atom stereocenters. The summed E-state index contributed by atoms with van der Waals surface area (Å²) in [5.41, 5.74) is 0.957. The van der Waals surface area contributed by atoms with Gasteiger partial charge in [0.15, 0.2) is 5.78 Å². The maximum Gasteiger partial charge on any atom is 0.260 e. The number of carbonyl (C=O) groups excluding carboxylic acids is 2. The molecule has 1 aliphatic heterocycles. The summed E-state index contributed by atoms with van der Waals surface area (Å²) in [6.07, 6.45) is 12.5. The summed E-state index contributed by atoms with van der Waals surface area (Å²) in [7, 11) is 0. The number of amides is 1. The number of nitrogens with zero attached hydrogens (tertiary/aromatic N) is 1. The molecule has 0 aromatic heterocycles. The Morgan fingerprint density at radius 3 is 2.64 bits per heavy atom. The molecule has 5 heteroatoms. The third kappa shape index (κ3) is 7.02. The highest BCUT2D eigenvalue weighted by Crippen LogP contribution is 2.29. The highest BCUT2D eigenvalue weighted by Gasteiger charge is 2.30. The van der Waals surface area contributed by atoms with Gasteiger partial charge in [-0.05, 0) is 36.8 Å². The quantitative estimate of drug-likeness (QED) is 0.331. The Kier molecular flexibility index (Phi) is 10.2. The molecule has 150 valence electrons. The fourth-order valence-corrected chi connectivity index (χ4v) is 4.25. The normalized spacial score (nSPS) is 18.1. The van der Waals surface area contributed by atoms with Crippen LogP contribution in [-0.4, -0.2) is 41.2 Å². The van der Waals surface area contributed by atoms with Gasteiger partial charge in [-0.25, -0.2) is 0 Å². The largest absolute Gasteiger partial charge is 0.333 e. The van der Waals surface area contributed by atoms with Crippen molar-refractivity contribution in [2.75, 3.05) is 24.6 Å². The zero-order valence-corrected chi connectivity index (χ0v) is 18.1. The lowest BCUT2D eigenvalue weighted by Crippen LogP contribution is -2.35. The Labute approximate surface area is 178 Å². The number of unbranched alkanes of at least 4 members (excludes halogenated alkanes) is 2. The molecule has 28 heavy (non-hydrogen) atoms. The van der Waals surface area contributed by atoms with Gasteiger partial charge in [-0.15, -0.1) is 11.8 Å². The van der Waals surface area contributed by atoms with Crippen LogP contribution in [0.2, 0.25) is 0 Å². The monoisotopic (exact) mass is 415 g/mol. The van der Waals surface area contributed by atoms with Crippen LogP contribution >= 0.6 is 24.4 Å². The average molecular weight is 416 g/mol. The van der Waals surface area contributed by atoms with Gasteiger partial charge in [0.05, 0.1) is 10.8 Å². The van der Waals surface area contributed by atoms with Crippen molar-refractivity contribution in [1.29, 1.82) is 0 Å². The minimum absolute atomic E-state index is 0.0114. The molecule has 0 N–H and O–H groups in total.